The SMILES string of the molecule is COc1ccc(C)cc1CC(N)c1cccc(I)c1. The number of hydrogen-bond donors (Lipinski definition) is 1. The van der Waals surface area contributed by atoms with Crippen LogP contribution in [0.25, 0.3) is 0 Å². The molecular weight excluding hydrogens is 349 g/mol. The molecule has 0 heterocycles. The molecule has 2 aromatic carbocycles. The van der Waals surface area contributed by atoms with Gasteiger partial charge in [0, 0.05) is 9.61 Å². The molecule has 100 valence electrons. The van der Waals surface area contributed by atoms with Gasteiger partial charge in [0.15, 0.2) is 0 Å². The Morgan fingerprint density at radius 1 is 1.21 bits per heavy atom. The highest BCUT2D eigenvalue weighted by atomic mass is 127. The van der Waals surface area contributed by atoms with Gasteiger partial charge in [-0.05, 0) is 65.3 Å². The number of hydrogen-bond acceptors (Lipinski definition) is 2. The van der Waals surface area contributed by atoms with Crippen LogP contribution in [-0.2, 0) is 6.42 Å². The first kappa shape index (κ1) is 14.3. The van der Waals surface area contributed by atoms with E-state index in [1.807, 2.05) is 12.1 Å². The fourth-order valence-corrected chi connectivity index (χ4v) is 2.73. The number of aryl methyl sites for hydroxylation is 1. The maximum Gasteiger partial charge on any atom is 0.122 e. The van der Waals surface area contributed by atoms with Gasteiger partial charge in [-0.1, -0.05) is 29.8 Å². The molecule has 2 aromatic rings. The van der Waals surface area contributed by atoms with Crippen LogP contribution in [-0.4, -0.2) is 7.11 Å². The summed E-state index contributed by atoms with van der Waals surface area (Å²) in [5.41, 5.74) is 9.86. The van der Waals surface area contributed by atoms with Crippen molar-refractivity contribution in [1.82, 2.24) is 0 Å². The standard InChI is InChI=1S/C16H18INO/c1-11-6-7-16(19-2)13(8-11)10-15(18)12-4-3-5-14(17)9-12/h3-9,15H,10,18H2,1-2H3. The Labute approximate surface area is 128 Å². The zero-order valence-electron chi connectivity index (χ0n) is 11.2. The Bertz CT molecular complexity index is 568. The first-order valence-corrected chi connectivity index (χ1v) is 7.32. The fourth-order valence-electron chi connectivity index (χ4n) is 2.16. The van der Waals surface area contributed by atoms with Crippen molar-refractivity contribution in [1.29, 1.82) is 0 Å². The van der Waals surface area contributed by atoms with Crippen LogP contribution in [0.15, 0.2) is 42.5 Å². The molecule has 1 unspecified atom stereocenters. The molecule has 0 bridgehead atoms. The molecule has 0 spiro atoms. The summed E-state index contributed by atoms with van der Waals surface area (Å²) in [5, 5.41) is 0. The Morgan fingerprint density at radius 2 is 2.00 bits per heavy atom. The molecule has 0 saturated carbocycles. The number of halogens is 1. The molecule has 0 aliphatic heterocycles. The van der Waals surface area contributed by atoms with Crippen LogP contribution in [0.1, 0.15) is 22.7 Å². The Hall–Kier alpha value is -1.07. The van der Waals surface area contributed by atoms with Crippen LogP contribution >= 0.6 is 22.6 Å². The van der Waals surface area contributed by atoms with Crippen LogP contribution in [0.3, 0.4) is 0 Å². The normalized spacial score (nSPS) is 12.2. The molecule has 0 aliphatic carbocycles. The van der Waals surface area contributed by atoms with Crippen molar-refractivity contribution in [3.05, 3.63) is 62.7 Å². The van der Waals surface area contributed by atoms with Crippen LogP contribution in [0.4, 0.5) is 0 Å². The van der Waals surface area contributed by atoms with Crippen molar-refractivity contribution in [2.45, 2.75) is 19.4 Å². The zero-order chi connectivity index (χ0) is 13.8. The van der Waals surface area contributed by atoms with Gasteiger partial charge in [0.1, 0.15) is 5.75 Å². The maximum absolute atomic E-state index is 6.31. The second kappa shape index (κ2) is 6.39. The van der Waals surface area contributed by atoms with Gasteiger partial charge in [0.25, 0.3) is 0 Å². The maximum atomic E-state index is 6.31. The first-order valence-electron chi connectivity index (χ1n) is 6.24. The molecular formula is C16H18INO. The summed E-state index contributed by atoms with van der Waals surface area (Å²) >= 11 is 2.31. The van der Waals surface area contributed by atoms with Gasteiger partial charge in [-0.15, -0.1) is 0 Å². The molecule has 0 amide bonds. The van der Waals surface area contributed by atoms with Crippen LogP contribution in [0.2, 0.25) is 0 Å². The number of ether oxygens (including phenoxy) is 1. The number of methoxy groups -OCH3 is 1. The summed E-state index contributed by atoms with van der Waals surface area (Å²) in [6.07, 6.45) is 0.783. The smallest absolute Gasteiger partial charge is 0.122 e. The summed E-state index contributed by atoms with van der Waals surface area (Å²) in [7, 11) is 1.70. The minimum absolute atomic E-state index is 0.00887. The summed E-state index contributed by atoms with van der Waals surface area (Å²) in [4.78, 5) is 0. The molecule has 3 heteroatoms. The second-order valence-electron chi connectivity index (χ2n) is 4.68. The Kier molecular flexibility index (Phi) is 4.82. The van der Waals surface area contributed by atoms with E-state index in [0.717, 1.165) is 23.3 Å². The Morgan fingerprint density at radius 3 is 2.68 bits per heavy atom. The lowest BCUT2D eigenvalue weighted by Crippen LogP contribution is -2.14. The average molecular weight is 367 g/mol. The van der Waals surface area contributed by atoms with Gasteiger partial charge in [0.05, 0.1) is 7.11 Å². The van der Waals surface area contributed by atoms with E-state index in [1.165, 1.54) is 9.13 Å². The minimum Gasteiger partial charge on any atom is -0.496 e. The molecule has 0 fully saturated rings. The predicted octanol–water partition coefficient (Wildman–Crippen LogP) is 3.85. The summed E-state index contributed by atoms with van der Waals surface area (Å²) < 4.78 is 6.61. The Balaban J connectivity index is 2.23. The summed E-state index contributed by atoms with van der Waals surface area (Å²) in [5.74, 6) is 0.909. The lowest BCUT2D eigenvalue weighted by atomic mass is 9.98. The van der Waals surface area contributed by atoms with Gasteiger partial charge >= 0.3 is 0 Å². The average Bonchev–Trinajstić information content (AvgIpc) is 2.39. The molecule has 2 nitrogen and oxygen atoms in total. The lowest BCUT2D eigenvalue weighted by Gasteiger charge is -2.15. The largest absolute Gasteiger partial charge is 0.496 e. The highest BCUT2D eigenvalue weighted by Crippen LogP contribution is 2.25. The molecule has 1 atom stereocenters. The molecule has 2 rings (SSSR count). The van der Waals surface area contributed by atoms with Gasteiger partial charge in [-0.25, -0.2) is 0 Å². The topological polar surface area (TPSA) is 35.2 Å². The third-order valence-corrected chi connectivity index (χ3v) is 3.82. The van der Waals surface area contributed by atoms with E-state index in [2.05, 4.69) is 59.8 Å². The highest BCUT2D eigenvalue weighted by Gasteiger charge is 2.11. The van der Waals surface area contributed by atoms with Crippen molar-refractivity contribution < 1.29 is 4.74 Å². The van der Waals surface area contributed by atoms with E-state index in [1.54, 1.807) is 7.11 Å². The molecule has 2 N–H and O–H groups in total. The fraction of sp³-hybridized carbons (Fsp3) is 0.250. The van der Waals surface area contributed by atoms with Crippen molar-refractivity contribution in [2.75, 3.05) is 7.11 Å². The van der Waals surface area contributed by atoms with E-state index in [9.17, 15) is 0 Å². The number of benzene rings is 2. The van der Waals surface area contributed by atoms with Crippen molar-refractivity contribution >= 4 is 22.6 Å². The lowest BCUT2D eigenvalue weighted by molar-refractivity contribution is 0.408. The van der Waals surface area contributed by atoms with Gasteiger partial charge in [-0.2, -0.15) is 0 Å². The van der Waals surface area contributed by atoms with E-state index in [0.29, 0.717) is 0 Å². The van der Waals surface area contributed by atoms with Crippen LogP contribution in [0, 0.1) is 10.5 Å². The quantitative estimate of drug-likeness (QED) is 0.834. The summed E-state index contributed by atoms with van der Waals surface area (Å²) in [6.45, 7) is 2.08. The van der Waals surface area contributed by atoms with Gasteiger partial charge < -0.3 is 10.5 Å². The zero-order valence-corrected chi connectivity index (χ0v) is 13.3. The molecule has 0 saturated heterocycles. The van der Waals surface area contributed by atoms with E-state index >= 15 is 0 Å². The van der Waals surface area contributed by atoms with Gasteiger partial charge in [0.2, 0.25) is 0 Å². The van der Waals surface area contributed by atoms with E-state index in [4.69, 9.17) is 10.5 Å². The highest BCUT2D eigenvalue weighted by molar-refractivity contribution is 14.1. The second-order valence-corrected chi connectivity index (χ2v) is 5.93. The van der Waals surface area contributed by atoms with E-state index in [-0.39, 0.29) is 6.04 Å². The van der Waals surface area contributed by atoms with Crippen molar-refractivity contribution in [2.24, 2.45) is 5.73 Å². The third kappa shape index (κ3) is 3.70. The van der Waals surface area contributed by atoms with Crippen molar-refractivity contribution in [3.63, 3.8) is 0 Å². The minimum atomic E-state index is -0.00887. The van der Waals surface area contributed by atoms with Crippen molar-refractivity contribution in [3.8, 4) is 5.75 Å². The molecule has 19 heavy (non-hydrogen) atoms. The monoisotopic (exact) mass is 367 g/mol. The molecule has 0 aliphatic rings. The van der Waals surface area contributed by atoms with Crippen LogP contribution in [0.5, 0.6) is 5.75 Å². The molecule has 0 radical (unpaired) electrons. The van der Waals surface area contributed by atoms with E-state index < -0.39 is 0 Å². The van der Waals surface area contributed by atoms with Gasteiger partial charge in [-0.3, -0.25) is 0 Å². The third-order valence-electron chi connectivity index (χ3n) is 3.15. The predicted molar refractivity (Wildman–Crippen MR) is 87.5 cm³/mol. The number of rotatable bonds is 4. The van der Waals surface area contributed by atoms with Crippen LogP contribution < -0.4 is 10.5 Å². The number of nitrogens with two attached hydrogens (primary N) is 1. The molecule has 0 aromatic heterocycles. The first-order chi connectivity index (χ1) is 9.10. The summed E-state index contributed by atoms with van der Waals surface area (Å²) in [6, 6.07) is 14.5.